The smallest absolute Gasteiger partial charge is 0.165 e. The van der Waals surface area contributed by atoms with Gasteiger partial charge in [-0.3, -0.25) is 4.68 Å². The van der Waals surface area contributed by atoms with Gasteiger partial charge in [-0.05, 0) is 31.7 Å². The molecule has 0 aliphatic heterocycles. The summed E-state index contributed by atoms with van der Waals surface area (Å²) >= 11 is 3.57. The Bertz CT molecular complexity index is 539. The third-order valence-corrected chi connectivity index (χ3v) is 3.48. The highest BCUT2D eigenvalue weighted by Crippen LogP contribution is 2.29. The van der Waals surface area contributed by atoms with Crippen molar-refractivity contribution in [2.45, 2.75) is 13.0 Å². The Labute approximate surface area is 115 Å². The lowest BCUT2D eigenvalue weighted by Crippen LogP contribution is -2.12. The molecule has 0 amide bonds. The molecule has 0 aliphatic rings. The Hall–Kier alpha value is -1.33. The fourth-order valence-electron chi connectivity index (χ4n) is 1.67. The van der Waals surface area contributed by atoms with Gasteiger partial charge in [-0.25, -0.2) is 0 Å². The fourth-order valence-corrected chi connectivity index (χ4v) is 2.37. The Balaban J connectivity index is 2.18. The quantitative estimate of drug-likeness (QED) is 0.942. The second-order valence-corrected chi connectivity index (χ2v) is 5.00. The average Bonchev–Trinajstić information content (AvgIpc) is 2.74. The molecular weight excluding hydrogens is 294 g/mol. The molecule has 5 heteroatoms. The van der Waals surface area contributed by atoms with Crippen molar-refractivity contribution in [3.63, 3.8) is 0 Å². The standard InChI is InChI=1S/C13H16BrN3O/c1-9(15-2)12-5-4-10(6-13(12)14)18-11-7-16-17(3)8-11/h4-9,15H,1-3H3. The van der Waals surface area contributed by atoms with Crippen molar-refractivity contribution >= 4 is 15.9 Å². The molecule has 18 heavy (non-hydrogen) atoms. The summed E-state index contributed by atoms with van der Waals surface area (Å²) in [5.74, 6) is 1.53. The van der Waals surface area contributed by atoms with Crippen molar-refractivity contribution < 1.29 is 4.74 Å². The Morgan fingerprint density at radius 3 is 2.72 bits per heavy atom. The van der Waals surface area contributed by atoms with Gasteiger partial charge in [0.15, 0.2) is 5.75 Å². The zero-order valence-corrected chi connectivity index (χ0v) is 12.2. The van der Waals surface area contributed by atoms with Gasteiger partial charge in [0.05, 0.1) is 12.4 Å². The van der Waals surface area contributed by atoms with Crippen molar-refractivity contribution in [3.8, 4) is 11.5 Å². The van der Waals surface area contributed by atoms with Crippen LogP contribution in [0.2, 0.25) is 0 Å². The topological polar surface area (TPSA) is 39.1 Å². The number of aryl methyl sites for hydroxylation is 1. The SMILES string of the molecule is CNC(C)c1ccc(Oc2cnn(C)c2)cc1Br. The molecule has 96 valence electrons. The molecule has 4 nitrogen and oxygen atoms in total. The number of hydrogen-bond donors (Lipinski definition) is 1. The zero-order chi connectivity index (χ0) is 13.1. The minimum atomic E-state index is 0.298. The Morgan fingerprint density at radius 1 is 1.39 bits per heavy atom. The third-order valence-electron chi connectivity index (χ3n) is 2.79. The third kappa shape index (κ3) is 2.91. The molecule has 0 spiro atoms. The number of hydrogen-bond acceptors (Lipinski definition) is 3. The fraction of sp³-hybridized carbons (Fsp3) is 0.308. The molecule has 0 saturated carbocycles. The first-order chi connectivity index (χ1) is 8.60. The molecule has 0 fully saturated rings. The molecule has 1 heterocycles. The maximum Gasteiger partial charge on any atom is 0.165 e. The first kappa shape index (κ1) is 13.1. The summed E-state index contributed by atoms with van der Waals surface area (Å²) < 4.78 is 8.46. The van der Waals surface area contributed by atoms with Crippen LogP contribution in [0.5, 0.6) is 11.5 Å². The first-order valence-corrected chi connectivity index (χ1v) is 6.52. The monoisotopic (exact) mass is 309 g/mol. The van der Waals surface area contributed by atoms with E-state index in [1.807, 2.05) is 32.4 Å². The van der Waals surface area contributed by atoms with Crippen molar-refractivity contribution in [2.75, 3.05) is 7.05 Å². The van der Waals surface area contributed by atoms with Gasteiger partial charge in [0.1, 0.15) is 5.75 Å². The van der Waals surface area contributed by atoms with E-state index in [2.05, 4.69) is 39.3 Å². The second kappa shape index (κ2) is 5.54. The van der Waals surface area contributed by atoms with Crippen LogP contribution in [0.15, 0.2) is 35.1 Å². The number of benzene rings is 1. The number of nitrogens with one attached hydrogen (secondary N) is 1. The van der Waals surface area contributed by atoms with E-state index in [1.165, 1.54) is 5.56 Å². The van der Waals surface area contributed by atoms with Gasteiger partial charge >= 0.3 is 0 Å². The average molecular weight is 310 g/mol. The van der Waals surface area contributed by atoms with E-state index in [9.17, 15) is 0 Å². The van der Waals surface area contributed by atoms with Crippen LogP contribution in [0.4, 0.5) is 0 Å². The lowest BCUT2D eigenvalue weighted by Gasteiger charge is -2.13. The van der Waals surface area contributed by atoms with Crippen molar-refractivity contribution in [3.05, 3.63) is 40.6 Å². The molecule has 1 N–H and O–H groups in total. The molecular formula is C13H16BrN3O. The van der Waals surface area contributed by atoms with Crippen LogP contribution in [0.1, 0.15) is 18.5 Å². The van der Waals surface area contributed by atoms with E-state index < -0.39 is 0 Å². The van der Waals surface area contributed by atoms with E-state index in [4.69, 9.17) is 4.74 Å². The Kier molecular flexibility index (Phi) is 4.04. The summed E-state index contributed by atoms with van der Waals surface area (Å²) in [5.41, 5.74) is 1.20. The van der Waals surface area contributed by atoms with E-state index >= 15 is 0 Å². The van der Waals surface area contributed by atoms with Crippen LogP contribution in [-0.4, -0.2) is 16.8 Å². The van der Waals surface area contributed by atoms with Crippen LogP contribution in [0.25, 0.3) is 0 Å². The minimum absolute atomic E-state index is 0.298. The van der Waals surface area contributed by atoms with Gasteiger partial charge < -0.3 is 10.1 Å². The van der Waals surface area contributed by atoms with E-state index in [0.29, 0.717) is 6.04 Å². The maximum atomic E-state index is 5.71. The lowest BCUT2D eigenvalue weighted by molar-refractivity contribution is 0.481. The minimum Gasteiger partial charge on any atom is -0.454 e. The predicted octanol–water partition coefficient (Wildman–Crippen LogP) is 3.26. The van der Waals surface area contributed by atoms with Crippen LogP contribution in [0.3, 0.4) is 0 Å². The number of halogens is 1. The molecule has 1 unspecified atom stereocenters. The molecule has 0 radical (unpaired) electrons. The predicted molar refractivity (Wildman–Crippen MR) is 74.9 cm³/mol. The molecule has 2 aromatic rings. The Morgan fingerprint density at radius 2 is 2.17 bits per heavy atom. The van der Waals surface area contributed by atoms with Crippen molar-refractivity contribution in [1.82, 2.24) is 15.1 Å². The van der Waals surface area contributed by atoms with Gasteiger partial charge in [-0.15, -0.1) is 0 Å². The summed E-state index contributed by atoms with van der Waals surface area (Å²) in [7, 11) is 3.80. The van der Waals surface area contributed by atoms with E-state index in [1.54, 1.807) is 10.9 Å². The number of aromatic nitrogens is 2. The van der Waals surface area contributed by atoms with Crippen molar-refractivity contribution in [2.24, 2.45) is 7.05 Å². The van der Waals surface area contributed by atoms with Crippen LogP contribution in [-0.2, 0) is 7.05 Å². The van der Waals surface area contributed by atoms with Gasteiger partial charge in [-0.2, -0.15) is 5.10 Å². The molecule has 1 aromatic heterocycles. The number of rotatable bonds is 4. The lowest BCUT2D eigenvalue weighted by atomic mass is 10.1. The molecule has 1 atom stereocenters. The summed E-state index contributed by atoms with van der Waals surface area (Å²) in [6.07, 6.45) is 3.52. The summed E-state index contributed by atoms with van der Waals surface area (Å²) in [5, 5.41) is 7.27. The number of nitrogens with zero attached hydrogens (tertiary/aromatic N) is 2. The maximum absolute atomic E-state index is 5.71. The van der Waals surface area contributed by atoms with Crippen molar-refractivity contribution in [1.29, 1.82) is 0 Å². The molecule has 2 rings (SSSR count). The summed E-state index contributed by atoms with van der Waals surface area (Å²) in [6, 6.07) is 6.28. The normalized spacial score (nSPS) is 12.4. The van der Waals surface area contributed by atoms with Crippen LogP contribution < -0.4 is 10.1 Å². The zero-order valence-electron chi connectivity index (χ0n) is 10.6. The van der Waals surface area contributed by atoms with Crippen LogP contribution >= 0.6 is 15.9 Å². The molecule has 0 aliphatic carbocycles. The van der Waals surface area contributed by atoms with Gasteiger partial charge in [0, 0.05) is 17.6 Å². The number of ether oxygens (including phenoxy) is 1. The molecule has 0 saturated heterocycles. The highest BCUT2D eigenvalue weighted by molar-refractivity contribution is 9.10. The van der Waals surface area contributed by atoms with Gasteiger partial charge in [0.25, 0.3) is 0 Å². The van der Waals surface area contributed by atoms with E-state index in [-0.39, 0.29) is 0 Å². The largest absolute Gasteiger partial charge is 0.454 e. The summed E-state index contributed by atoms with van der Waals surface area (Å²) in [6.45, 7) is 2.11. The van der Waals surface area contributed by atoms with Gasteiger partial charge in [0.2, 0.25) is 0 Å². The highest BCUT2D eigenvalue weighted by atomic mass is 79.9. The first-order valence-electron chi connectivity index (χ1n) is 5.73. The molecule has 1 aromatic carbocycles. The summed E-state index contributed by atoms with van der Waals surface area (Å²) in [4.78, 5) is 0. The van der Waals surface area contributed by atoms with E-state index in [0.717, 1.165) is 16.0 Å². The second-order valence-electron chi connectivity index (χ2n) is 4.15. The molecule has 0 bridgehead atoms. The van der Waals surface area contributed by atoms with Gasteiger partial charge in [-0.1, -0.05) is 22.0 Å². The highest BCUT2D eigenvalue weighted by Gasteiger charge is 2.09. The van der Waals surface area contributed by atoms with Crippen LogP contribution in [0, 0.1) is 0 Å².